The summed E-state index contributed by atoms with van der Waals surface area (Å²) in [6, 6.07) is 13.4. The number of hydrogen-bond donors (Lipinski definition) is 1. The van der Waals surface area contributed by atoms with E-state index in [2.05, 4.69) is 10.3 Å². The van der Waals surface area contributed by atoms with Crippen molar-refractivity contribution in [3.8, 4) is 17.0 Å². The fraction of sp³-hybridized carbons (Fsp3) is 0.0588. The van der Waals surface area contributed by atoms with Gasteiger partial charge >= 0.3 is 0 Å². The van der Waals surface area contributed by atoms with Gasteiger partial charge in [0.25, 0.3) is 11.6 Å². The van der Waals surface area contributed by atoms with E-state index in [4.69, 9.17) is 4.74 Å². The molecule has 7 nitrogen and oxygen atoms in total. The third-order valence-corrected chi connectivity index (χ3v) is 4.19. The summed E-state index contributed by atoms with van der Waals surface area (Å²) in [6.45, 7) is 0. The number of carbonyl (C=O) groups is 1. The van der Waals surface area contributed by atoms with Gasteiger partial charge < -0.3 is 4.74 Å². The lowest BCUT2D eigenvalue weighted by molar-refractivity contribution is -0.384. The van der Waals surface area contributed by atoms with E-state index in [-0.39, 0.29) is 17.0 Å². The lowest BCUT2D eigenvalue weighted by Crippen LogP contribution is -2.13. The van der Waals surface area contributed by atoms with Crippen LogP contribution in [-0.2, 0) is 0 Å². The molecule has 1 N–H and O–H groups in total. The van der Waals surface area contributed by atoms with E-state index in [9.17, 15) is 14.9 Å². The molecule has 0 spiro atoms. The third kappa shape index (κ3) is 3.64. The highest BCUT2D eigenvalue weighted by Gasteiger charge is 2.18. The van der Waals surface area contributed by atoms with Crippen LogP contribution in [0.15, 0.2) is 53.9 Å². The summed E-state index contributed by atoms with van der Waals surface area (Å²) in [7, 11) is 1.40. The van der Waals surface area contributed by atoms with E-state index < -0.39 is 10.8 Å². The molecule has 8 heteroatoms. The lowest BCUT2D eigenvalue weighted by atomic mass is 10.1. The largest absolute Gasteiger partial charge is 0.496 e. The summed E-state index contributed by atoms with van der Waals surface area (Å²) >= 11 is 1.27. The number of rotatable bonds is 5. The van der Waals surface area contributed by atoms with Crippen LogP contribution in [0.2, 0.25) is 0 Å². The number of nitrogens with zero attached hydrogens (tertiary/aromatic N) is 2. The van der Waals surface area contributed by atoms with Gasteiger partial charge in [0.1, 0.15) is 5.75 Å². The van der Waals surface area contributed by atoms with Gasteiger partial charge in [-0.3, -0.25) is 20.2 Å². The summed E-state index contributed by atoms with van der Waals surface area (Å²) < 4.78 is 5.11. The van der Waals surface area contributed by atoms with E-state index in [0.717, 1.165) is 11.3 Å². The molecule has 126 valence electrons. The summed E-state index contributed by atoms with van der Waals surface area (Å²) in [5.41, 5.74) is 1.57. The quantitative estimate of drug-likeness (QED) is 0.552. The van der Waals surface area contributed by atoms with Crippen molar-refractivity contribution in [1.82, 2.24) is 4.98 Å². The van der Waals surface area contributed by atoms with Gasteiger partial charge in [0.2, 0.25) is 0 Å². The van der Waals surface area contributed by atoms with Crippen molar-refractivity contribution in [3.63, 3.8) is 0 Å². The van der Waals surface area contributed by atoms with Crippen LogP contribution in [-0.4, -0.2) is 22.9 Å². The topological polar surface area (TPSA) is 94.4 Å². The van der Waals surface area contributed by atoms with Crippen molar-refractivity contribution < 1.29 is 14.5 Å². The van der Waals surface area contributed by atoms with Crippen molar-refractivity contribution in [3.05, 3.63) is 69.6 Å². The Morgan fingerprint density at radius 2 is 2.00 bits per heavy atom. The zero-order chi connectivity index (χ0) is 17.8. The molecule has 2 aromatic carbocycles. The second kappa shape index (κ2) is 7.10. The molecule has 0 fully saturated rings. The number of aromatic nitrogens is 1. The number of non-ortho nitro benzene ring substituents is 1. The van der Waals surface area contributed by atoms with Gasteiger partial charge in [-0.05, 0) is 6.07 Å². The van der Waals surface area contributed by atoms with Crippen LogP contribution >= 0.6 is 11.3 Å². The zero-order valence-electron chi connectivity index (χ0n) is 13.1. The summed E-state index contributed by atoms with van der Waals surface area (Å²) in [6.07, 6.45) is 0. The molecule has 1 heterocycles. The molecule has 1 amide bonds. The van der Waals surface area contributed by atoms with E-state index >= 15 is 0 Å². The van der Waals surface area contributed by atoms with Crippen molar-refractivity contribution in [2.45, 2.75) is 0 Å². The van der Waals surface area contributed by atoms with Crippen LogP contribution in [0.3, 0.4) is 0 Å². The molecule has 3 rings (SSSR count). The Bertz CT molecular complexity index is 925. The van der Waals surface area contributed by atoms with Crippen LogP contribution in [0, 0.1) is 10.1 Å². The average molecular weight is 355 g/mol. The Morgan fingerprint density at radius 1 is 1.24 bits per heavy atom. The molecule has 3 aromatic rings. The Morgan fingerprint density at radius 3 is 2.68 bits per heavy atom. The highest BCUT2D eigenvalue weighted by Crippen LogP contribution is 2.27. The van der Waals surface area contributed by atoms with E-state index in [1.807, 2.05) is 35.7 Å². The number of methoxy groups -OCH3 is 1. The first-order valence-electron chi connectivity index (χ1n) is 7.23. The van der Waals surface area contributed by atoms with Gasteiger partial charge in [-0.1, -0.05) is 30.3 Å². The molecule has 25 heavy (non-hydrogen) atoms. The van der Waals surface area contributed by atoms with Gasteiger partial charge in [0.05, 0.1) is 23.3 Å². The second-order valence-electron chi connectivity index (χ2n) is 5.00. The molecule has 0 aliphatic rings. The van der Waals surface area contributed by atoms with E-state index in [0.29, 0.717) is 5.13 Å². The molecule has 0 saturated carbocycles. The van der Waals surface area contributed by atoms with Gasteiger partial charge in [0, 0.05) is 23.1 Å². The monoisotopic (exact) mass is 355 g/mol. The highest BCUT2D eigenvalue weighted by molar-refractivity contribution is 7.14. The lowest BCUT2D eigenvalue weighted by Gasteiger charge is -2.07. The molecule has 0 saturated heterocycles. The number of nitro benzene ring substituents is 1. The van der Waals surface area contributed by atoms with Crippen LogP contribution in [0.25, 0.3) is 11.3 Å². The second-order valence-corrected chi connectivity index (χ2v) is 5.86. The molecular formula is C17H13N3O4S. The maximum atomic E-state index is 12.5. The van der Waals surface area contributed by atoms with Crippen molar-refractivity contribution in [2.75, 3.05) is 12.4 Å². The first kappa shape index (κ1) is 16.6. The smallest absolute Gasteiger partial charge is 0.270 e. The molecule has 0 bridgehead atoms. The van der Waals surface area contributed by atoms with E-state index in [1.54, 1.807) is 0 Å². The SMILES string of the molecule is COc1ccc([N+](=O)[O-])cc1C(=O)Nc1nc(-c2ccccc2)cs1. The zero-order valence-corrected chi connectivity index (χ0v) is 13.9. The Kier molecular flexibility index (Phi) is 4.71. The predicted molar refractivity (Wildman–Crippen MR) is 95.2 cm³/mol. The summed E-state index contributed by atoms with van der Waals surface area (Å²) in [5, 5.41) is 15.8. The molecule has 1 aromatic heterocycles. The first-order chi connectivity index (χ1) is 12.1. The van der Waals surface area contributed by atoms with Gasteiger partial charge in [-0.15, -0.1) is 11.3 Å². The molecule has 0 aliphatic carbocycles. The fourth-order valence-electron chi connectivity index (χ4n) is 2.22. The molecule has 0 radical (unpaired) electrons. The van der Waals surface area contributed by atoms with Crippen LogP contribution in [0.1, 0.15) is 10.4 Å². The number of thiazole rings is 1. The normalized spacial score (nSPS) is 10.3. The number of carbonyl (C=O) groups excluding carboxylic acids is 1. The van der Waals surface area contributed by atoms with Crippen LogP contribution in [0.5, 0.6) is 5.75 Å². The number of nitrogens with one attached hydrogen (secondary N) is 1. The molecule has 0 atom stereocenters. The summed E-state index contributed by atoms with van der Waals surface area (Å²) in [4.78, 5) is 27.2. The minimum atomic E-state index is -0.562. The number of amides is 1. The van der Waals surface area contributed by atoms with E-state index in [1.165, 1.54) is 36.6 Å². The number of hydrogen-bond acceptors (Lipinski definition) is 6. The number of nitro groups is 1. The summed E-state index contributed by atoms with van der Waals surface area (Å²) in [5.74, 6) is -0.266. The minimum absolute atomic E-state index is 0.0770. The van der Waals surface area contributed by atoms with Gasteiger partial charge in [-0.2, -0.15) is 0 Å². The van der Waals surface area contributed by atoms with Crippen LogP contribution < -0.4 is 10.1 Å². The Hall–Kier alpha value is -3.26. The number of anilines is 1. The van der Waals surface area contributed by atoms with Crippen molar-refractivity contribution in [2.24, 2.45) is 0 Å². The number of benzene rings is 2. The third-order valence-electron chi connectivity index (χ3n) is 3.43. The standard InChI is InChI=1S/C17H13N3O4S/c1-24-15-8-7-12(20(22)23)9-13(15)16(21)19-17-18-14(10-25-17)11-5-3-2-4-6-11/h2-10H,1H3,(H,18,19,21). The number of ether oxygens (including phenoxy) is 1. The van der Waals surface area contributed by atoms with Crippen molar-refractivity contribution >= 4 is 28.1 Å². The van der Waals surface area contributed by atoms with Crippen molar-refractivity contribution in [1.29, 1.82) is 0 Å². The fourth-order valence-corrected chi connectivity index (χ4v) is 2.94. The Balaban J connectivity index is 1.84. The van der Waals surface area contributed by atoms with Gasteiger partial charge in [0.15, 0.2) is 5.13 Å². The molecule has 0 unspecified atom stereocenters. The maximum absolute atomic E-state index is 12.5. The Labute approximate surface area is 147 Å². The van der Waals surface area contributed by atoms with Crippen LogP contribution in [0.4, 0.5) is 10.8 Å². The molecular weight excluding hydrogens is 342 g/mol. The first-order valence-corrected chi connectivity index (χ1v) is 8.11. The highest BCUT2D eigenvalue weighted by atomic mass is 32.1. The predicted octanol–water partition coefficient (Wildman–Crippen LogP) is 3.98. The maximum Gasteiger partial charge on any atom is 0.270 e. The minimum Gasteiger partial charge on any atom is -0.496 e. The van der Waals surface area contributed by atoms with Gasteiger partial charge in [-0.25, -0.2) is 4.98 Å². The molecule has 0 aliphatic heterocycles. The average Bonchev–Trinajstić information content (AvgIpc) is 3.10.